The van der Waals surface area contributed by atoms with Gasteiger partial charge in [-0.15, -0.1) is 0 Å². The van der Waals surface area contributed by atoms with E-state index in [0.717, 1.165) is 29.8 Å². The quantitative estimate of drug-likeness (QED) is 0.822. The Bertz CT molecular complexity index is 438. The summed E-state index contributed by atoms with van der Waals surface area (Å²) in [6.45, 7) is 2.46. The van der Waals surface area contributed by atoms with Gasteiger partial charge in [-0.05, 0) is 37.5 Å². The highest BCUT2D eigenvalue weighted by Gasteiger charge is 2.50. The first-order valence-corrected chi connectivity index (χ1v) is 5.69. The molecular formula is C13H17NO3. The van der Waals surface area contributed by atoms with E-state index in [4.69, 9.17) is 9.84 Å². The molecule has 0 bridgehead atoms. The molecule has 0 aromatic heterocycles. The lowest BCUT2D eigenvalue weighted by atomic mass is 10.1. The molecule has 1 aromatic rings. The SMILES string of the molecule is COc1ccc(C)cc1NCC1(C(=O)O)CC1. The Morgan fingerprint density at radius 2 is 2.24 bits per heavy atom. The highest BCUT2D eigenvalue weighted by molar-refractivity contribution is 5.78. The zero-order valence-electron chi connectivity index (χ0n) is 10.1. The number of aryl methyl sites for hydroxylation is 1. The van der Waals surface area contributed by atoms with E-state index in [1.54, 1.807) is 7.11 Å². The van der Waals surface area contributed by atoms with Crippen molar-refractivity contribution in [3.8, 4) is 5.75 Å². The lowest BCUT2D eigenvalue weighted by molar-refractivity contribution is -0.142. The number of benzene rings is 1. The molecule has 1 fully saturated rings. The van der Waals surface area contributed by atoms with Crippen LogP contribution in [0.15, 0.2) is 18.2 Å². The number of ether oxygens (including phenoxy) is 1. The fraction of sp³-hybridized carbons (Fsp3) is 0.462. The molecule has 1 aliphatic rings. The minimum Gasteiger partial charge on any atom is -0.495 e. The molecule has 1 saturated carbocycles. The van der Waals surface area contributed by atoms with Gasteiger partial charge in [0.1, 0.15) is 5.75 Å². The van der Waals surface area contributed by atoms with Crippen LogP contribution >= 0.6 is 0 Å². The van der Waals surface area contributed by atoms with Crippen LogP contribution < -0.4 is 10.1 Å². The number of aliphatic carboxylic acids is 1. The van der Waals surface area contributed by atoms with Crippen LogP contribution in [0.2, 0.25) is 0 Å². The number of nitrogens with one attached hydrogen (secondary N) is 1. The molecule has 17 heavy (non-hydrogen) atoms. The number of hydrogen-bond acceptors (Lipinski definition) is 3. The maximum absolute atomic E-state index is 11.1. The van der Waals surface area contributed by atoms with Crippen molar-refractivity contribution in [3.05, 3.63) is 23.8 Å². The molecule has 1 aromatic carbocycles. The van der Waals surface area contributed by atoms with E-state index >= 15 is 0 Å². The Balaban J connectivity index is 2.08. The largest absolute Gasteiger partial charge is 0.495 e. The second-order valence-electron chi connectivity index (χ2n) is 4.64. The molecular weight excluding hydrogens is 218 g/mol. The Morgan fingerprint density at radius 3 is 2.76 bits per heavy atom. The van der Waals surface area contributed by atoms with Crippen molar-refractivity contribution >= 4 is 11.7 Å². The van der Waals surface area contributed by atoms with Crippen molar-refractivity contribution in [1.82, 2.24) is 0 Å². The van der Waals surface area contributed by atoms with Crippen molar-refractivity contribution in [3.63, 3.8) is 0 Å². The highest BCUT2D eigenvalue weighted by Crippen LogP contribution is 2.46. The number of anilines is 1. The first-order chi connectivity index (χ1) is 8.07. The van der Waals surface area contributed by atoms with Crippen LogP contribution in [0.25, 0.3) is 0 Å². The molecule has 0 saturated heterocycles. The molecule has 0 spiro atoms. The molecule has 2 rings (SSSR count). The Kier molecular flexibility index (Phi) is 2.96. The van der Waals surface area contributed by atoms with Crippen LogP contribution in [-0.2, 0) is 4.79 Å². The molecule has 2 N–H and O–H groups in total. The summed E-state index contributed by atoms with van der Waals surface area (Å²) >= 11 is 0. The molecule has 1 aliphatic carbocycles. The van der Waals surface area contributed by atoms with Gasteiger partial charge in [-0.2, -0.15) is 0 Å². The van der Waals surface area contributed by atoms with Crippen LogP contribution in [0.1, 0.15) is 18.4 Å². The number of methoxy groups -OCH3 is 1. The van der Waals surface area contributed by atoms with E-state index < -0.39 is 11.4 Å². The van der Waals surface area contributed by atoms with Gasteiger partial charge < -0.3 is 15.2 Å². The number of hydrogen-bond donors (Lipinski definition) is 2. The minimum absolute atomic E-state index is 0.460. The molecule has 0 atom stereocenters. The van der Waals surface area contributed by atoms with Gasteiger partial charge in [0.05, 0.1) is 18.2 Å². The molecule has 4 heteroatoms. The summed E-state index contributed by atoms with van der Waals surface area (Å²) in [5.74, 6) is 0.0356. The second-order valence-corrected chi connectivity index (χ2v) is 4.64. The summed E-state index contributed by atoms with van der Waals surface area (Å²) in [5.41, 5.74) is 1.42. The topological polar surface area (TPSA) is 58.6 Å². The molecule has 0 radical (unpaired) electrons. The zero-order valence-corrected chi connectivity index (χ0v) is 10.1. The Morgan fingerprint density at radius 1 is 1.53 bits per heavy atom. The third kappa shape index (κ3) is 2.35. The summed E-state index contributed by atoms with van der Waals surface area (Å²) in [5, 5.41) is 12.3. The first-order valence-electron chi connectivity index (χ1n) is 5.69. The predicted octanol–water partition coefficient (Wildman–Crippen LogP) is 2.28. The monoisotopic (exact) mass is 235 g/mol. The van der Waals surface area contributed by atoms with Crippen molar-refractivity contribution < 1.29 is 14.6 Å². The standard InChI is InChI=1S/C13H17NO3/c1-9-3-4-11(17-2)10(7-9)14-8-13(5-6-13)12(15)16/h3-4,7,14H,5-6,8H2,1-2H3,(H,15,16). The third-order valence-corrected chi connectivity index (χ3v) is 3.28. The van der Waals surface area contributed by atoms with Gasteiger partial charge in [-0.25, -0.2) is 0 Å². The average molecular weight is 235 g/mol. The average Bonchev–Trinajstić information content (AvgIpc) is 3.07. The molecule has 0 aliphatic heterocycles. The van der Waals surface area contributed by atoms with Gasteiger partial charge in [-0.1, -0.05) is 6.07 Å². The van der Waals surface area contributed by atoms with E-state index in [0.29, 0.717) is 6.54 Å². The Hall–Kier alpha value is -1.71. The van der Waals surface area contributed by atoms with Crippen LogP contribution in [0, 0.1) is 12.3 Å². The lowest BCUT2D eigenvalue weighted by Gasteiger charge is -2.15. The van der Waals surface area contributed by atoms with Gasteiger partial charge >= 0.3 is 5.97 Å². The van der Waals surface area contributed by atoms with Crippen molar-refractivity contribution in [2.75, 3.05) is 19.0 Å². The molecule has 92 valence electrons. The summed E-state index contributed by atoms with van der Waals surface area (Å²) < 4.78 is 5.24. The van der Waals surface area contributed by atoms with E-state index in [2.05, 4.69) is 5.32 Å². The zero-order chi connectivity index (χ0) is 12.5. The predicted molar refractivity (Wildman–Crippen MR) is 65.5 cm³/mol. The number of carbonyl (C=O) groups is 1. The van der Waals surface area contributed by atoms with Crippen LogP contribution in [0.5, 0.6) is 5.75 Å². The van der Waals surface area contributed by atoms with E-state index in [1.165, 1.54) is 0 Å². The number of rotatable bonds is 5. The summed E-state index contributed by atoms with van der Waals surface area (Å²) in [6.07, 6.45) is 1.51. The van der Waals surface area contributed by atoms with Crippen LogP contribution in [-0.4, -0.2) is 24.7 Å². The van der Waals surface area contributed by atoms with Gasteiger partial charge in [-0.3, -0.25) is 4.79 Å². The Labute approximate surface area is 101 Å². The van der Waals surface area contributed by atoms with Crippen molar-refractivity contribution in [2.45, 2.75) is 19.8 Å². The lowest BCUT2D eigenvalue weighted by Crippen LogP contribution is -2.24. The van der Waals surface area contributed by atoms with Gasteiger partial charge in [0.25, 0.3) is 0 Å². The van der Waals surface area contributed by atoms with Crippen molar-refractivity contribution in [1.29, 1.82) is 0 Å². The number of carboxylic acids is 1. The van der Waals surface area contributed by atoms with Crippen molar-refractivity contribution in [2.24, 2.45) is 5.41 Å². The maximum atomic E-state index is 11.1. The van der Waals surface area contributed by atoms with E-state index in [1.807, 2.05) is 25.1 Å². The van der Waals surface area contributed by atoms with Gasteiger partial charge in [0.15, 0.2) is 0 Å². The third-order valence-electron chi connectivity index (χ3n) is 3.28. The number of carboxylic acid groups (broad SMARTS) is 1. The smallest absolute Gasteiger partial charge is 0.311 e. The molecule has 0 amide bonds. The first kappa shape index (κ1) is 11.8. The van der Waals surface area contributed by atoms with Gasteiger partial charge in [0, 0.05) is 6.54 Å². The highest BCUT2D eigenvalue weighted by atomic mass is 16.5. The van der Waals surface area contributed by atoms with Gasteiger partial charge in [0.2, 0.25) is 0 Å². The van der Waals surface area contributed by atoms with E-state index in [9.17, 15) is 4.79 Å². The molecule has 0 unspecified atom stereocenters. The summed E-state index contributed by atoms with van der Waals surface area (Å²) in [4.78, 5) is 11.1. The fourth-order valence-corrected chi connectivity index (χ4v) is 1.84. The maximum Gasteiger partial charge on any atom is 0.311 e. The summed E-state index contributed by atoms with van der Waals surface area (Å²) in [6, 6.07) is 5.82. The normalized spacial score (nSPS) is 16.4. The molecule has 0 heterocycles. The fourth-order valence-electron chi connectivity index (χ4n) is 1.84. The van der Waals surface area contributed by atoms with E-state index in [-0.39, 0.29) is 0 Å². The molecule has 4 nitrogen and oxygen atoms in total. The van der Waals surface area contributed by atoms with Crippen LogP contribution in [0.4, 0.5) is 5.69 Å². The minimum atomic E-state index is -0.711. The van der Waals surface area contributed by atoms with Crippen LogP contribution in [0.3, 0.4) is 0 Å². The summed E-state index contributed by atoms with van der Waals surface area (Å²) in [7, 11) is 1.61. The second kappa shape index (κ2) is 4.28.